The monoisotopic (exact) mass is 565 g/mol. The summed E-state index contributed by atoms with van der Waals surface area (Å²) in [4.78, 5) is 38.6. The number of carboxylic acids is 1. The maximum Gasteiger partial charge on any atom is 0.416 e. The minimum absolute atomic E-state index is 0.0266. The fourth-order valence-electron chi connectivity index (χ4n) is 5.42. The lowest BCUT2D eigenvalue weighted by atomic mass is 9.84. The Kier molecular flexibility index (Phi) is 7.61. The van der Waals surface area contributed by atoms with Gasteiger partial charge in [0.15, 0.2) is 5.78 Å². The molecule has 0 aliphatic heterocycles. The first-order chi connectivity index (χ1) is 19.5. The van der Waals surface area contributed by atoms with Crippen LogP contribution in [0.15, 0.2) is 71.5 Å². The van der Waals surface area contributed by atoms with Crippen molar-refractivity contribution in [2.45, 2.75) is 39.1 Å². The Morgan fingerprint density at radius 1 is 1.05 bits per heavy atom. The van der Waals surface area contributed by atoms with E-state index in [1.54, 1.807) is 12.1 Å². The molecular formula is C30H26F3N3O5. The van der Waals surface area contributed by atoms with Gasteiger partial charge in [0.05, 0.1) is 23.4 Å². The first-order valence-corrected chi connectivity index (χ1v) is 13.0. The highest BCUT2D eigenvalue weighted by atomic mass is 19.4. The number of carboxylic acid groups (broad SMARTS) is 1. The number of fused-ring (bicyclic) bond motifs is 1. The number of ketones is 1. The number of aromatic nitrogens is 3. The van der Waals surface area contributed by atoms with Crippen LogP contribution in [0, 0.1) is 24.7 Å². The van der Waals surface area contributed by atoms with Crippen molar-refractivity contribution in [1.29, 1.82) is 0 Å². The number of carbonyl (C=O) groups is 2. The number of aryl methyl sites for hydroxylation is 1. The molecule has 0 saturated heterocycles. The third-order valence-electron chi connectivity index (χ3n) is 7.50. The van der Waals surface area contributed by atoms with Crippen molar-refractivity contribution >= 4 is 22.7 Å². The molecule has 41 heavy (non-hydrogen) atoms. The molecule has 1 aliphatic carbocycles. The maximum atomic E-state index is 13.4. The van der Waals surface area contributed by atoms with Gasteiger partial charge in [0.2, 0.25) is 0 Å². The fraction of sp³-hybridized carbons (Fsp3) is 0.300. The van der Waals surface area contributed by atoms with Gasteiger partial charge in [-0.05, 0) is 79.8 Å². The van der Waals surface area contributed by atoms with Crippen molar-refractivity contribution in [1.82, 2.24) is 15.0 Å². The van der Waals surface area contributed by atoms with Gasteiger partial charge in [0, 0.05) is 11.5 Å². The van der Waals surface area contributed by atoms with Crippen LogP contribution in [-0.4, -0.2) is 31.9 Å². The SMILES string of the molecule is Cc1ccc2nnn(C[C@@H]3CC[C@H](C(=O)c4ccc(OCc5cccc(C(F)(F)F)c5)cc4)[C@H]3C(=O)O)c(=O)c2c1. The average molecular weight is 566 g/mol. The van der Waals surface area contributed by atoms with E-state index >= 15 is 0 Å². The van der Waals surface area contributed by atoms with Crippen LogP contribution in [0.5, 0.6) is 5.75 Å². The quantitative estimate of drug-likeness (QED) is 0.288. The fourth-order valence-corrected chi connectivity index (χ4v) is 5.42. The van der Waals surface area contributed by atoms with Crippen LogP contribution in [-0.2, 0) is 24.1 Å². The largest absolute Gasteiger partial charge is 0.489 e. The Bertz CT molecular complexity index is 1670. The van der Waals surface area contributed by atoms with E-state index in [1.807, 2.05) is 13.0 Å². The Morgan fingerprint density at radius 2 is 1.80 bits per heavy atom. The zero-order valence-corrected chi connectivity index (χ0v) is 22.0. The summed E-state index contributed by atoms with van der Waals surface area (Å²) in [5, 5.41) is 18.5. The highest BCUT2D eigenvalue weighted by Gasteiger charge is 2.45. The van der Waals surface area contributed by atoms with Crippen molar-refractivity contribution in [3.8, 4) is 5.75 Å². The third kappa shape index (κ3) is 5.98. The van der Waals surface area contributed by atoms with E-state index in [4.69, 9.17) is 4.74 Å². The van der Waals surface area contributed by atoms with Gasteiger partial charge in [0.1, 0.15) is 17.9 Å². The zero-order chi connectivity index (χ0) is 29.3. The van der Waals surface area contributed by atoms with E-state index < -0.39 is 35.5 Å². The highest BCUT2D eigenvalue weighted by molar-refractivity contribution is 6.00. The second-order valence-electron chi connectivity index (χ2n) is 10.3. The first-order valence-electron chi connectivity index (χ1n) is 13.0. The molecule has 11 heteroatoms. The molecule has 4 aromatic rings. The van der Waals surface area contributed by atoms with Gasteiger partial charge >= 0.3 is 12.1 Å². The summed E-state index contributed by atoms with van der Waals surface area (Å²) in [6.07, 6.45) is -3.70. The summed E-state index contributed by atoms with van der Waals surface area (Å²) in [5.41, 5.74) is 0.843. The Morgan fingerprint density at radius 3 is 2.51 bits per heavy atom. The molecule has 0 amide bonds. The predicted molar refractivity (Wildman–Crippen MR) is 142 cm³/mol. The van der Waals surface area contributed by atoms with Crippen LogP contribution in [0.3, 0.4) is 0 Å². The number of aliphatic carboxylic acids is 1. The van der Waals surface area contributed by atoms with Gasteiger partial charge in [-0.1, -0.05) is 29.0 Å². The number of alkyl halides is 3. The second kappa shape index (κ2) is 11.1. The number of halogens is 3. The van der Waals surface area contributed by atoms with Gasteiger partial charge < -0.3 is 9.84 Å². The normalized spacial score (nSPS) is 18.9. The first kappa shape index (κ1) is 28.0. The second-order valence-corrected chi connectivity index (χ2v) is 10.3. The number of Topliss-reactive ketones (excluding diaryl/α,β-unsaturated/α-hetero) is 1. The molecule has 1 aliphatic rings. The number of nitrogens with zero attached hydrogens (tertiary/aromatic N) is 3. The molecule has 1 aromatic heterocycles. The molecule has 1 N–H and O–H groups in total. The van der Waals surface area contributed by atoms with Gasteiger partial charge in [-0.25, -0.2) is 4.68 Å². The van der Waals surface area contributed by atoms with Crippen molar-refractivity contribution in [3.05, 3.63) is 99.3 Å². The average Bonchev–Trinajstić information content (AvgIpc) is 3.37. The Balaban J connectivity index is 1.27. The van der Waals surface area contributed by atoms with Crippen molar-refractivity contribution < 1.29 is 32.6 Å². The van der Waals surface area contributed by atoms with Crippen LogP contribution in [0.2, 0.25) is 0 Å². The number of carbonyl (C=O) groups excluding carboxylic acids is 1. The summed E-state index contributed by atoms with van der Waals surface area (Å²) in [6.45, 7) is 1.78. The van der Waals surface area contributed by atoms with E-state index in [9.17, 15) is 32.7 Å². The van der Waals surface area contributed by atoms with Gasteiger partial charge in [0.25, 0.3) is 5.56 Å². The van der Waals surface area contributed by atoms with Gasteiger partial charge in [-0.15, -0.1) is 5.10 Å². The van der Waals surface area contributed by atoms with Crippen LogP contribution in [0.1, 0.15) is 39.9 Å². The lowest BCUT2D eigenvalue weighted by Gasteiger charge is -2.20. The Hall–Kier alpha value is -4.54. The number of hydrogen-bond donors (Lipinski definition) is 1. The standard InChI is InChI=1S/C30H26F3N3O5/c1-17-5-12-25-24(13-17)28(38)36(35-34-25)15-20-8-11-23(26(20)29(39)40)27(37)19-6-9-22(10-7-19)41-16-18-3-2-4-21(14-18)30(31,32)33/h2-7,9-10,12-14,20,23,26H,8,11,15-16H2,1H3,(H,39,40)/t20-,23-,26-/m0/s1. The van der Waals surface area contributed by atoms with Gasteiger partial charge in [-0.2, -0.15) is 13.2 Å². The van der Waals surface area contributed by atoms with E-state index in [2.05, 4.69) is 10.3 Å². The topological polar surface area (TPSA) is 111 Å². The van der Waals surface area contributed by atoms with Crippen LogP contribution < -0.4 is 10.3 Å². The summed E-state index contributed by atoms with van der Waals surface area (Å²) in [5.74, 6) is -3.41. The van der Waals surface area contributed by atoms with Gasteiger partial charge in [-0.3, -0.25) is 14.4 Å². The van der Waals surface area contributed by atoms with E-state index in [-0.39, 0.29) is 24.5 Å². The molecule has 0 spiro atoms. The lowest BCUT2D eigenvalue weighted by molar-refractivity contribution is -0.144. The summed E-state index contributed by atoms with van der Waals surface area (Å²) >= 11 is 0. The van der Waals surface area contributed by atoms with Crippen molar-refractivity contribution in [2.75, 3.05) is 0 Å². The Labute approximate surface area is 232 Å². The van der Waals surface area contributed by atoms with E-state index in [0.717, 1.165) is 17.7 Å². The molecule has 5 rings (SSSR count). The molecule has 0 bridgehead atoms. The lowest BCUT2D eigenvalue weighted by Crippen LogP contribution is -2.34. The van der Waals surface area contributed by atoms with Crippen LogP contribution in [0.25, 0.3) is 10.9 Å². The smallest absolute Gasteiger partial charge is 0.416 e. The van der Waals surface area contributed by atoms with Crippen LogP contribution >= 0.6 is 0 Å². The summed E-state index contributed by atoms with van der Waals surface area (Å²) in [6, 6.07) is 16.1. The molecule has 8 nitrogen and oxygen atoms in total. The summed E-state index contributed by atoms with van der Waals surface area (Å²) in [7, 11) is 0. The van der Waals surface area contributed by atoms with Crippen LogP contribution in [0.4, 0.5) is 13.2 Å². The zero-order valence-electron chi connectivity index (χ0n) is 22.0. The minimum atomic E-state index is -4.46. The number of ether oxygens (including phenoxy) is 1. The minimum Gasteiger partial charge on any atom is -0.489 e. The molecule has 1 heterocycles. The molecule has 0 radical (unpaired) electrons. The molecular weight excluding hydrogens is 539 g/mol. The van der Waals surface area contributed by atoms with Crippen molar-refractivity contribution in [2.24, 2.45) is 17.8 Å². The number of benzene rings is 3. The molecule has 0 unspecified atom stereocenters. The molecule has 1 fully saturated rings. The predicted octanol–water partition coefficient (Wildman–Crippen LogP) is 5.31. The summed E-state index contributed by atoms with van der Waals surface area (Å²) < 4.78 is 45.6. The molecule has 212 valence electrons. The van der Waals surface area contributed by atoms with E-state index in [1.165, 1.54) is 41.1 Å². The maximum absolute atomic E-state index is 13.4. The highest BCUT2D eigenvalue weighted by Crippen LogP contribution is 2.40. The van der Waals surface area contributed by atoms with Crippen molar-refractivity contribution in [3.63, 3.8) is 0 Å². The molecule has 3 aromatic carbocycles. The molecule has 1 saturated carbocycles. The van der Waals surface area contributed by atoms with E-state index in [0.29, 0.717) is 40.6 Å². The molecule has 3 atom stereocenters. The third-order valence-corrected chi connectivity index (χ3v) is 7.50. The number of hydrogen-bond acceptors (Lipinski definition) is 6. The number of rotatable bonds is 8.